The maximum Gasteiger partial charge on any atom is 0.155 e. The van der Waals surface area contributed by atoms with E-state index in [1.165, 1.54) is 25.7 Å². The van der Waals surface area contributed by atoms with Gasteiger partial charge in [-0.25, -0.2) is 0 Å². The monoisotopic (exact) mass is 368 g/mol. The molecule has 6 aliphatic carbocycles. The lowest BCUT2D eigenvalue weighted by Crippen LogP contribution is -2.57. The topological polar surface area (TPSA) is 46.5 Å². The number of hydrogen-bond donors (Lipinski definition) is 1. The summed E-state index contributed by atoms with van der Waals surface area (Å²) in [6, 6.07) is 0. The zero-order valence-electron chi connectivity index (χ0n) is 16.6. The van der Waals surface area contributed by atoms with Crippen molar-refractivity contribution in [2.24, 2.45) is 52.3 Å². The minimum Gasteiger partial charge on any atom is -0.368 e. The van der Waals surface area contributed by atoms with Crippen molar-refractivity contribution >= 4 is 5.78 Å². The molecule has 0 amide bonds. The molecular weight excluding hydrogens is 336 g/mol. The Morgan fingerprint density at radius 1 is 1.07 bits per heavy atom. The SMILES string of the molecule is C[C@]12CCC(=O)C=C1[C@@H]1C[C@@H]1[C@H]1[C@@H]3[C@@H]4C[C@@H]4[C@@]4(CC[C@@H](O)O4)[C@@]3(C)CC[C@@H]12. The fraction of sp³-hybridized carbons (Fsp3) is 0.875. The molecule has 5 saturated carbocycles. The van der Waals surface area contributed by atoms with E-state index < -0.39 is 6.29 Å². The highest BCUT2D eigenvalue weighted by atomic mass is 16.6. The number of rotatable bonds is 0. The molecule has 3 nitrogen and oxygen atoms in total. The van der Waals surface area contributed by atoms with Crippen molar-refractivity contribution in [2.45, 2.75) is 77.1 Å². The van der Waals surface area contributed by atoms with Crippen LogP contribution < -0.4 is 0 Å². The van der Waals surface area contributed by atoms with Gasteiger partial charge in [0, 0.05) is 18.3 Å². The Kier molecular flexibility index (Phi) is 2.73. The average Bonchev–Trinajstić information content (AvgIpc) is 3.53. The van der Waals surface area contributed by atoms with Gasteiger partial charge in [-0.3, -0.25) is 4.79 Å². The molecule has 1 N–H and O–H groups in total. The normalized spacial score (nSPS) is 65.0. The van der Waals surface area contributed by atoms with Crippen LogP contribution in [0.25, 0.3) is 0 Å². The van der Waals surface area contributed by atoms with Gasteiger partial charge in [-0.2, -0.15) is 0 Å². The summed E-state index contributed by atoms with van der Waals surface area (Å²) in [5, 5.41) is 10.2. The smallest absolute Gasteiger partial charge is 0.155 e. The highest BCUT2D eigenvalue weighted by Crippen LogP contribution is 2.82. The van der Waals surface area contributed by atoms with E-state index in [4.69, 9.17) is 4.74 Å². The van der Waals surface area contributed by atoms with E-state index in [1.54, 1.807) is 5.57 Å². The number of allylic oxidation sites excluding steroid dienone is 1. The van der Waals surface area contributed by atoms with Crippen LogP contribution >= 0.6 is 0 Å². The predicted molar refractivity (Wildman–Crippen MR) is 100 cm³/mol. The first-order chi connectivity index (χ1) is 12.9. The Morgan fingerprint density at radius 3 is 2.70 bits per heavy atom. The van der Waals surface area contributed by atoms with Gasteiger partial charge >= 0.3 is 0 Å². The number of carbonyl (C=O) groups is 1. The second kappa shape index (κ2) is 4.56. The largest absolute Gasteiger partial charge is 0.368 e. The molecule has 0 aromatic carbocycles. The highest BCUT2D eigenvalue weighted by molar-refractivity contribution is 5.92. The van der Waals surface area contributed by atoms with Gasteiger partial charge < -0.3 is 9.84 Å². The standard InChI is InChI=1S/C24H32O3/c1-22-6-3-12(25)9-17(22)13-10-14(13)20-16(22)4-7-23(2)21(20)15-11-18(15)24(23)8-5-19(26)27-24/h9,13-16,18-21,26H,3-8,10-11H2,1-2H3/t13-,14+,15-,16+,18+,19+,20-,21+,22-,23+,24+/m1/s1. The lowest BCUT2D eigenvalue weighted by Gasteiger charge is -2.60. The third kappa shape index (κ3) is 1.65. The summed E-state index contributed by atoms with van der Waals surface area (Å²) in [6.45, 7) is 5.04. The van der Waals surface area contributed by atoms with Crippen LogP contribution in [-0.4, -0.2) is 22.8 Å². The third-order valence-corrected chi connectivity index (χ3v) is 11.0. The molecule has 0 aromatic heterocycles. The van der Waals surface area contributed by atoms with Crippen molar-refractivity contribution in [2.75, 3.05) is 0 Å². The van der Waals surface area contributed by atoms with Crippen LogP contribution in [0.3, 0.4) is 0 Å². The lowest BCUT2D eigenvalue weighted by molar-refractivity contribution is -0.210. The average molecular weight is 369 g/mol. The number of hydrogen-bond acceptors (Lipinski definition) is 3. The van der Waals surface area contributed by atoms with E-state index in [0.29, 0.717) is 17.6 Å². The fourth-order valence-electron chi connectivity index (χ4n) is 9.88. The zero-order valence-corrected chi connectivity index (χ0v) is 16.6. The molecule has 7 aliphatic rings. The quantitative estimate of drug-likeness (QED) is 0.700. The Bertz CT molecular complexity index is 786. The van der Waals surface area contributed by atoms with E-state index in [0.717, 1.165) is 55.3 Å². The van der Waals surface area contributed by atoms with Crippen molar-refractivity contribution in [1.82, 2.24) is 0 Å². The summed E-state index contributed by atoms with van der Waals surface area (Å²) < 4.78 is 6.41. The van der Waals surface area contributed by atoms with E-state index in [-0.39, 0.29) is 16.4 Å². The van der Waals surface area contributed by atoms with Gasteiger partial charge in [0.15, 0.2) is 12.1 Å². The van der Waals surface area contributed by atoms with Gasteiger partial charge in [-0.05, 0) is 91.4 Å². The molecule has 1 saturated heterocycles. The minimum atomic E-state index is -0.531. The van der Waals surface area contributed by atoms with Crippen molar-refractivity contribution in [1.29, 1.82) is 0 Å². The van der Waals surface area contributed by atoms with Crippen molar-refractivity contribution in [3.63, 3.8) is 0 Å². The molecule has 1 aliphatic heterocycles. The Labute approximate surface area is 161 Å². The Morgan fingerprint density at radius 2 is 1.93 bits per heavy atom. The van der Waals surface area contributed by atoms with Crippen molar-refractivity contribution in [3.8, 4) is 0 Å². The van der Waals surface area contributed by atoms with Gasteiger partial charge in [0.2, 0.25) is 0 Å². The summed E-state index contributed by atoms with van der Waals surface area (Å²) in [7, 11) is 0. The summed E-state index contributed by atoms with van der Waals surface area (Å²) in [5.41, 5.74) is 2.04. The number of fused-ring (bicyclic) bond motifs is 12. The third-order valence-electron chi connectivity index (χ3n) is 11.0. The number of ether oxygens (including phenoxy) is 1. The molecule has 1 spiro atoms. The van der Waals surface area contributed by atoms with Crippen LogP contribution in [0, 0.1) is 52.3 Å². The van der Waals surface area contributed by atoms with E-state index in [2.05, 4.69) is 19.9 Å². The van der Waals surface area contributed by atoms with Gasteiger partial charge in [0.05, 0.1) is 5.60 Å². The number of carbonyl (C=O) groups excluding carboxylic acids is 1. The Balaban J connectivity index is 1.33. The fourth-order valence-corrected chi connectivity index (χ4v) is 9.88. The van der Waals surface area contributed by atoms with Crippen LogP contribution in [0.15, 0.2) is 11.6 Å². The van der Waals surface area contributed by atoms with Crippen LogP contribution in [0.2, 0.25) is 0 Å². The van der Waals surface area contributed by atoms with Gasteiger partial charge in [-0.1, -0.05) is 19.4 Å². The second-order valence-corrected chi connectivity index (χ2v) is 11.7. The molecule has 0 unspecified atom stereocenters. The van der Waals surface area contributed by atoms with Crippen LogP contribution in [0.4, 0.5) is 0 Å². The van der Waals surface area contributed by atoms with E-state index in [9.17, 15) is 9.90 Å². The predicted octanol–water partition coefficient (Wildman–Crippen LogP) is 4.10. The first-order valence-corrected chi connectivity index (χ1v) is 11.5. The molecule has 0 radical (unpaired) electrons. The van der Waals surface area contributed by atoms with Crippen molar-refractivity contribution in [3.05, 3.63) is 11.6 Å². The molecular formula is C24H32O3. The maximum absolute atomic E-state index is 12.2. The maximum atomic E-state index is 12.2. The first kappa shape index (κ1) is 16.2. The van der Waals surface area contributed by atoms with Gasteiger partial charge in [0.25, 0.3) is 0 Å². The minimum absolute atomic E-state index is 0.0311. The molecule has 146 valence electrons. The molecule has 3 heteroatoms. The Hall–Kier alpha value is -0.670. The highest BCUT2D eigenvalue weighted by Gasteiger charge is 2.80. The molecule has 27 heavy (non-hydrogen) atoms. The van der Waals surface area contributed by atoms with Crippen LogP contribution in [0.5, 0.6) is 0 Å². The molecule has 0 bridgehead atoms. The summed E-state index contributed by atoms with van der Waals surface area (Å²) in [6.07, 6.45) is 10.5. The number of ketones is 1. The number of aliphatic hydroxyl groups excluding tert-OH is 1. The van der Waals surface area contributed by atoms with E-state index in [1.807, 2.05) is 0 Å². The van der Waals surface area contributed by atoms with Crippen molar-refractivity contribution < 1.29 is 14.6 Å². The lowest BCUT2D eigenvalue weighted by atomic mass is 9.45. The summed E-state index contributed by atoms with van der Waals surface area (Å²) in [4.78, 5) is 12.2. The second-order valence-electron chi connectivity index (χ2n) is 11.7. The van der Waals surface area contributed by atoms with Crippen LogP contribution in [-0.2, 0) is 9.53 Å². The molecule has 6 fully saturated rings. The molecule has 0 aromatic rings. The first-order valence-electron chi connectivity index (χ1n) is 11.5. The molecule has 7 rings (SSSR count). The van der Waals surface area contributed by atoms with E-state index >= 15 is 0 Å². The molecule has 1 heterocycles. The number of aliphatic hydroxyl groups is 1. The van der Waals surface area contributed by atoms with Gasteiger partial charge in [-0.15, -0.1) is 0 Å². The van der Waals surface area contributed by atoms with Crippen LogP contribution in [0.1, 0.15) is 65.2 Å². The molecule has 11 atom stereocenters. The summed E-state index contributed by atoms with van der Waals surface area (Å²) in [5.74, 6) is 5.84. The van der Waals surface area contributed by atoms with Gasteiger partial charge in [0.1, 0.15) is 0 Å². The summed E-state index contributed by atoms with van der Waals surface area (Å²) >= 11 is 0. The zero-order chi connectivity index (χ0) is 18.3.